The van der Waals surface area contributed by atoms with Crippen molar-refractivity contribution in [2.24, 2.45) is 11.5 Å². The van der Waals surface area contributed by atoms with Crippen LogP contribution in [-0.4, -0.2) is 26.8 Å². The fourth-order valence-corrected chi connectivity index (χ4v) is 2.67. The summed E-state index contributed by atoms with van der Waals surface area (Å²) in [4.78, 5) is 22.6. The van der Waals surface area contributed by atoms with Gasteiger partial charge in [-0.25, -0.2) is 9.48 Å². The van der Waals surface area contributed by atoms with Crippen molar-refractivity contribution in [2.75, 3.05) is 5.32 Å². The Hall–Kier alpha value is -3.81. The van der Waals surface area contributed by atoms with Crippen LogP contribution in [0.25, 0.3) is 16.8 Å². The first-order chi connectivity index (χ1) is 12.3. The van der Waals surface area contributed by atoms with Crippen LogP contribution >= 0.6 is 0 Å². The van der Waals surface area contributed by atoms with Crippen molar-refractivity contribution in [3.63, 3.8) is 0 Å². The SMILES string of the molecule is Cc1cc(-n2cc(NC(N)=O)c(C(N)=O)n2)ccc1-c1ccc(O)cc1. The fourth-order valence-electron chi connectivity index (χ4n) is 2.67. The monoisotopic (exact) mass is 351 g/mol. The summed E-state index contributed by atoms with van der Waals surface area (Å²) in [6.07, 6.45) is 1.47. The average molecular weight is 351 g/mol. The van der Waals surface area contributed by atoms with Gasteiger partial charge in [0.2, 0.25) is 0 Å². The van der Waals surface area contributed by atoms with E-state index in [0.717, 1.165) is 16.7 Å². The van der Waals surface area contributed by atoms with E-state index >= 15 is 0 Å². The summed E-state index contributed by atoms with van der Waals surface area (Å²) >= 11 is 0. The van der Waals surface area contributed by atoms with Crippen LogP contribution in [0.5, 0.6) is 5.75 Å². The molecule has 0 saturated carbocycles. The molecule has 0 unspecified atom stereocenters. The second-order valence-electron chi connectivity index (χ2n) is 5.74. The van der Waals surface area contributed by atoms with Gasteiger partial charge >= 0.3 is 6.03 Å². The molecule has 0 radical (unpaired) electrons. The summed E-state index contributed by atoms with van der Waals surface area (Å²) in [7, 11) is 0. The van der Waals surface area contributed by atoms with E-state index in [9.17, 15) is 14.7 Å². The van der Waals surface area contributed by atoms with Gasteiger partial charge in [0.1, 0.15) is 5.75 Å². The van der Waals surface area contributed by atoms with Gasteiger partial charge in [-0.3, -0.25) is 4.79 Å². The van der Waals surface area contributed by atoms with Crippen LogP contribution in [-0.2, 0) is 0 Å². The van der Waals surface area contributed by atoms with E-state index in [4.69, 9.17) is 11.5 Å². The Labute approximate surface area is 149 Å². The number of primary amides is 2. The van der Waals surface area contributed by atoms with E-state index < -0.39 is 11.9 Å². The number of amides is 3. The molecule has 26 heavy (non-hydrogen) atoms. The lowest BCUT2D eigenvalue weighted by molar-refractivity contribution is 0.0996. The number of hydrogen-bond acceptors (Lipinski definition) is 4. The number of carbonyl (C=O) groups is 2. The van der Waals surface area contributed by atoms with Gasteiger partial charge < -0.3 is 21.9 Å². The summed E-state index contributed by atoms with van der Waals surface area (Å²) in [5.41, 5.74) is 14.1. The topological polar surface area (TPSA) is 136 Å². The number of rotatable bonds is 4. The molecule has 3 amide bonds. The smallest absolute Gasteiger partial charge is 0.316 e. The maximum atomic E-state index is 11.5. The zero-order chi connectivity index (χ0) is 18.8. The maximum absolute atomic E-state index is 11.5. The summed E-state index contributed by atoms with van der Waals surface area (Å²) < 4.78 is 1.44. The zero-order valence-corrected chi connectivity index (χ0v) is 13.9. The van der Waals surface area contributed by atoms with E-state index in [1.807, 2.05) is 37.3 Å². The second kappa shape index (κ2) is 6.60. The highest BCUT2D eigenvalue weighted by Crippen LogP contribution is 2.27. The molecule has 0 spiro atoms. The summed E-state index contributed by atoms with van der Waals surface area (Å²) in [5, 5.41) is 15.9. The van der Waals surface area contributed by atoms with Gasteiger partial charge in [0.25, 0.3) is 5.91 Å². The van der Waals surface area contributed by atoms with Crippen LogP contribution in [0.1, 0.15) is 16.1 Å². The predicted octanol–water partition coefficient (Wildman–Crippen LogP) is 2.14. The molecule has 3 aromatic rings. The molecule has 8 heteroatoms. The minimum Gasteiger partial charge on any atom is -0.508 e. The highest BCUT2D eigenvalue weighted by molar-refractivity contribution is 6.00. The molecule has 8 nitrogen and oxygen atoms in total. The number of phenolic OH excluding ortho intramolecular Hbond substituents is 1. The second-order valence-corrected chi connectivity index (χ2v) is 5.74. The van der Waals surface area contributed by atoms with Crippen LogP contribution in [0.2, 0.25) is 0 Å². The highest BCUT2D eigenvalue weighted by atomic mass is 16.3. The van der Waals surface area contributed by atoms with Gasteiger partial charge in [-0.05, 0) is 47.9 Å². The minimum absolute atomic E-state index is 0.0796. The van der Waals surface area contributed by atoms with Crippen molar-refractivity contribution in [3.8, 4) is 22.6 Å². The Kier molecular flexibility index (Phi) is 4.32. The van der Waals surface area contributed by atoms with Crippen LogP contribution in [0.3, 0.4) is 0 Å². The number of nitrogens with zero attached hydrogens (tertiary/aromatic N) is 2. The van der Waals surface area contributed by atoms with Crippen molar-refractivity contribution in [1.82, 2.24) is 9.78 Å². The Morgan fingerprint density at radius 1 is 1.12 bits per heavy atom. The normalized spacial score (nSPS) is 10.5. The molecule has 1 heterocycles. The molecule has 1 aromatic heterocycles. The third-order valence-corrected chi connectivity index (χ3v) is 3.86. The van der Waals surface area contributed by atoms with Crippen molar-refractivity contribution < 1.29 is 14.7 Å². The number of nitrogens with two attached hydrogens (primary N) is 2. The molecule has 0 saturated heterocycles. The number of urea groups is 1. The number of aromatic nitrogens is 2. The number of carbonyl (C=O) groups excluding carboxylic acids is 2. The largest absolute Gasteiger partial charge is 0.508 e. The first-order valence-electron chi connectivity index (χ1n) is 7.71. The molecular formula is C18H17N5O3. The Bertz CT molecular complexity index is 993. The quantitative estimate of drug-likeness (QED) is 0.572. The zero-order valence-electron chi connectivity index (χ0n) is 13.9. The third kappa shape index (κ3) is 3.34. The standard InChI is InChI=1S/C18H17N5O3/c1-10-8-12(4-7-14(10)11-2-5-13(24)6-3-11)23-9-15(21-18(20)26)16(22-23)17(19)25/h2-9,24H,1H3,(H2,19,25)(H3,20,21,26). The minimum atomic E-state index is -0.814. The fraction of sp³-hybridized carbons (Fsp3) is 0.0556. The molecule has 0 atom stereocenters. The first-order valence-corrected chi connectivity index (χ1v) is 7.71. The molecule has 0 fully saturated rings. The van der Waals surface area contributed by atoms with Crippen molar-refractivity contribution in [1.29, 1.82) is 0 Å². The van der Waals surface area contributed by atoms with E-state index in [1.54, 1.807) is 12.1 Å². The summed E-state index contributed by atoms with van der Waals surface area (Å²) in [6.45, 7) is 1.94. The molecule has 3 rings (SSSR count). The molecule has 0 aliphatic heterocycles. The van der Waals surface area contributed by atoms with Crippen molar-refractivity contribution >= 4 is 17.6 Å². The average Bonchev–Trinajstić information content (AvgIpc) is 2.99. The van der Waals surface area contributed by atoms with Crippen LogP contribution in [0, 0.1) is 6.92 Å². The number of benzene rings is 2. The number of phenols is 1. The lowest BCUT2D eigenvalue weighted by atomic mass is 10.00. The van der Waals surface area contributed by atoms with Crippen LogP contribution < -0.4 is 16.8 Å². The van der Waals surface area contributed by atoms with E-state index in [1.165, 1.54) is 10.9 Å². The lowest BCUT2D eigenvalue weighted by Gasteiger charge is -2.09. The molecule has 6 N–H and O–H groups in total. The number of nitrogens with one attached hydrogen (secondary N) is 1. The van der Waals surface area contributed by atoms with Gasteiger partial charge in [0.05, 0.1) is 17.6 Å². The Morgan fingerprint density at radius 2 is 1.81 bits per heavy atom. The van der Waals surface area contributed by atoms with Crippen LogP contribution in [0.4, 0.5) is 10.5 Å². The number of anilines is 1. The molecule has 0 bridgehead atoms. The van der Waals surface area contributed by atoms with E-state index in [2.05, 4.69) is 10.4 Å². The molecule has 132 valence electrons. The van der Waals surface area contributed by atoms with Gasteiger partial charge in [-0.2, -0.15) is 5.10 Å². The summed E-state index contributed by atoms with van der Waals surface area (Å²) in [5.74, 6) is -0.571. The number of aromatic hydroxyl groups is 1. The number of aryl methyl sites for hydroxylation is 1. The third-order valence-electron chi connectivity index (χ3n) is 3.86. The van der Waals surface area contributed by atoms with Crippen molar-refractivity contribution in [3.05, 3.63) is 59.9 Å². The first kappa shape index (κ1) is 17.0. The van der Waals surface area contributed by atoms with Gasteiger partial charge in [-0.15, -0.1) is 0 Å². The van der Waals surface area contributed by atoms with E-state index in [-0.39, 0.29) is 17.1 Å². The lowest BCUT2D eigenvalue weighted by Crippen LogP contribution is -2.22. The molecular weight excluding hydrogens is 334 g/mol. The molecule has 2 aromatic carbocycles. The van der Waals surface area contributed by atoms with Gasteiger partial charge in [0, 0.05) is 0 Å². The maximum Gasteiger partial charge on any atom is 0.316 e. The highest BCUT2D eigenvalue weighted by Gasteiger charge is 2.16. The van der Waals surface area contributed by atoms with Crippen molar-refractivity contribution in [2.45, 2.75) is 6.92 Å². The molecule has 0 aliphatic carbocycles. The van der Waals surface area contributed by atoms with Crippen LogP contribution in [0.15, 0.2) is 48.7 Å². The molecule has 0 aliphatic rings. The summed E-state index contributed by atoms with van der Waals surface area (Å²) in [6, 6.07) is 11.7. The Morgan fingerprint density at radius 3 is 2.38 bits per heavy atom. The number of hydrogen-bond donors (Lipinski definition) is 4. The predicted molar refractivity (Wildman–Crippen MR) is 97.1 cm³/mol. The van der Waals surface area contributed by atoms with Gasteiger partial charge in [-0.1, -0.05) is 18.2 Å². The van der Waals surface area contributed by atoms with Gasteiger partial charge in [0.15, 0.2) is 5.69 Å². The van der Waals surface area contributed by atoms with E-state index in [0.29, 0.717) is 5.69 Å². The Balaban J connectivity index is 2.00.